The van der Waals surface area contributed by atoms with Crippen molar-refractivity contribution in [2.24, 2.45) is 0 Å². The highest BCUT2D eigenvalue weighted by Crippen LogP contribution is 2.28. The average molecular weight is 193 g/mol. The topological polar surface area (TPSA) is 61.6 Å². The van der Waals surface area contributed by atoms with E-state index >= 15 is 0 Å². The van der Waals surface area contributed by atoms with Crippen molar-refractivity contribution in [2.75, 3.05) is 6.79 Å². The molecule has 1 aliphatic rings. The third-order valence-electron chi connectivity index (χ3n) is 1.84. The lowest BCUT2D eigenvalue weighted by molar-refractivity contribution is -0.385. The first-order valence-corrected chi connectivity index (χ1v) is 3.97. The molecule has 2 rings (SSSR count). The molecule has 0 saturated carbocycles. The molecular formula is C9H7NO4. The zero-order valence-electron chi connectivity index (χ0n) is 7.17. The molecule has 0 aromatic heterocycles. The van der Waals surface area contributed by atoms with Gasteiger partial charge in [0.05, 0.1) is 10.5 Å². The molecule has 0 radical (unpaired) electrons. The monoisotopic (exact) mass is 193 g/mol. The van der Waals surface area contributed by atoms with Gasteiger partial charge in [0.25, 0.3) is 5.69 Å². The Hall–Kier alpha value is -2.04. The molecule has 1 aromatic rings. The Labute approximate surface area is 79.7 Å². The maximum Gasteiger partial charge on any atom is 0.280 e. The van der Waals surface area contributed by atoms with Crippen LogP contribution in [0.1, 0.15) is 5.56 Å². The summed E-state index contributed by atoms with van der Waals surface area (Å²) in [4.78, 5) is 10.2. The molecule has 1 aromatic carbocycles. The molecular weight excluding hydrogens is 186 g/mol. The Morgan fingerprint density at radius 1 is 1.36 bits per heavy atom. The molecule has 0 atom stereocenters. The van der Waals surface area contributed by atoms with Gasteiger partial charge in [0, 0.05) is 6.07 Å². The molecule has 0 aliphatic carbocycles. The summed E-state index contributed by atoms with van der Waals surface area (Å²) in [6.07, 6.45) is 1.38. The average Bonchev–Trinajstić information content (AvgIpc) is 2.70. The molecule has 0 spiro atoms. The van der Waals surface area contributed by atoms with Gasteiger partial charge in [0.15, 0.2) is 5.76 Å². The first kappa shape index (κ1) is 8.55. The SMILES string of the molecule is O=[N+]([O-])c1ccccc1C1=COCO1. The van der Waals surface area contributed by atoms with Crippen LogP contribution in [0.5, 0.6) is 0 Å². The van der Waals surface area contributed by atoms with Crippen molar-refractivity contribution in [3.8, 4) is 0 Å². The molecule has 0 amide bonds. The number of nitro benzene ring substituents is 1. The van der Waals surface area contributed by atoms with Gasteiger partial charge in [-0.25, -0.2) is 0 Å². The molecule has 1 aliphatic heterocycles. The number of benzene rings is 1. The van der Waals surface area contributed by atoms with Gasteiger partial charge < -0.3 is 9.47 Å². The molecule has 0 bridgehead atoms. The van der Waals surface area contributed by atoms with E-state index in [-0.39, 0.29) is 12.5 Å². The van der Waals surface area contributed by atoms with E-state index in [1.165, 1.54) is 12.3 Å². The van der Waals surface area contributed by atoms with Crippen LogP contribution in [0.3, 0.4) is 0 Å². The predicted molar refractivity (Wildman–Crippen MR) is 48.1 cm³/mol. The van der Waals surface area contributed by atoms with Crippen molar-refractivity contribution in [2.45, 2.75) is 0 Å². The zero-order valence-corrected chi connectivity index (χ0v) is 7.17. The first-order valence-electron chi connectivity index (χ1n) is 3.97. The van der Waals surface area contributed by atoms with Crippen molar-refractivity contribution in [1.82, 2.24) is 0 Å². The summed E-state index contributed by atoms with van der Waals surface area (Å²) in [7, 11) is 0. The highest BCUT2D eigenvalue weighted by molar-refractivity contribution is 5.68. The van der Waals surface area contributed by atoms with Gasteiger partial charge in [-0.2, -0.15) is 0 Å². The summed E-state index contributed by atoms with van der Waals surface area (Å²) in [5.74, 6) is 0.400. The predicted octanol–water partition coefficient (Wildman–Crippen LogP) is 1.90. The number of ether oxygens (including phenoxy) is 2. The van der Waals surface area contributed by atoms with E-state index in [2.05, 4.69) is 0 Å². The van der Waals surface area contributed by atoms with Gasteiger partial charge in [-0.15, -0.1) is 0 Å². The van der Waals surface area contributed by atoms with Crippen molar-refractivity contribution >= 4 is 11.4 Å². The third kappa shape index (κ3) is 1.39. The molecule has 0 saturated heterocycles. The van der Waals surface area contributed by atoms with Crippen LogP contribution in [-0.2, 0) is 9.47 Å². The lowest BCUT2D eigenvalue weighted by Crippen LogP contribution is -1.95. The molecule has 5 nitrogen and oxygen atoms in total. The Morgan fingerprint density at radius 3 is 2.79 bits per heavy atom. The number of rotatable bonds is 2. The second-order valence-corrected chi connectivity index (χ2v) is 2.69. The van der Waals surface area contributed by atoms with E-state index in [0.717, 1.165) is 0 Å². The fourth-order valence-corrected chi connectivity index (χ4v) is 1.22. The molecule has 72 valence electrons. The Bertz CT molecular complexity index is 400. The first-order chi connectivity index (χ1) is 6.79. The van der Waals surface area contributed by atoms with Gasteiger partial charge in [-0.3, -0.25) is 10.1 Å². The van der Waals surface area contributed by atoms with Crippen LogP contribution in [0.4, 0.5) is 5.69 Å². The summed E-state index contributed by atoms with van der Waals surface area (Å²) in [6.45, 7) is 0.112. The lowest BCUT2D eigenvalue weighted by atomic mass is 10.1. The van der Waals surface area contributed by atoms with Crippen LogP contribution in [0.25, 0.3) is 5.76 Å². The van der Waals surface area contributed by atoms with Crippen LogP contribution in [0.2, 0.25) is 0 Å². The molecule has 14 heavy (non-hydrogen) atoms. The number of nitrogens with zero attached hydrogens (tertiary/aromatic N) is 1. The standard InChI is InChI=1S/C9H7NO4/c11-10(12)8-4-2-1-3-7(8)9-5-13-6-14-9/h1-5H,6H2. The maximum absolute atomic E-state index is 10.7. The lowest BCUT2D eigenvalue weighted by Gasteiger charge is -2.01. The normalized spacial score (nSPS) is 14.1. The van der Waals surface area contributed by atoms with Crippen molar-refractivity contribution in [3.63, 3.8) is 0 Å². The Morgan fingerprint density at radius 2 is 2.14 bits per heavy atom. The van der Waals surface area contributed by atoms with Gasteiger partial charge in [-0.1, -0.05) is 12.1 Å². The summed E-state index contributed by atoms with van der Waals surface area (Å²) in [6, 6.07) is 6.37. The van der Waals surface area contributed by atoms with Crippen LogP contribution in [-0.4, -0.2) is 11.7 Å². The number of para-hydroxylation sites is 1. The summed E-state index contributed by atoms with van der Waals surface area (Å²) in [5, 5.41) is 10.7. The van der Waals surface area contributed by atoms with E-state index in [4.69, 9.17) is 9.47 Å². The quantitative estimate of drug-likeness (QED) is 0.531. The number of hydrogen-bond acceptors (Lipinski definition) is 4. The smallest absolute Gasteiger partial charge is 0.280 e. The third-order valence-corrected chi connectivity index (χ3v) is 1.84. The second-order valence-electron chi connectivity index (χ2n) is 2.69. The van der Waals surface area contributed by atoms with E-state index in [1.54, 1.807) is 18.2 Å². The van der Waals surface area contributed by atoms with Gasteiger partial charge in [0.2, 0.25) is 6.79 Å². The minimum Gasteiger partial charge on any atom is -0.461 e. The van der Waals surface area contributed by atoms with Crippen molar-refractivity contribution in [1.29, 1.82) is 0 Å². The number of nitro groups is 1. The van der Waals surface area contributed by atoms with Gasteiger partial charge in [-0.05, 0) is 6.07 Å². The van der Waals surface area contributed by atoms with Crippen LogP contribution in [0.15, 0.2) is 30.5 Å². The molecule has 0 unspecified atom stereocenters. The Balaban J connectivity index is 2.46. The minimum atomic E-state index is -0.447. The Kier molecular flexibility index (Phi) is 2.06. The van der Waals surface area contributed by atoms with E-state index in [0.29, 0.717) is 11.3 Å². The second kappa shape index (κ2) is 3.37. The van der Waals surface area contributed by atoms with Crippen molar-refractivity contribution in [3.05, 3.63) is 46.2 Å². The fraction of sp³-hybridized carbons (Fsp3) is 0.111. The minimum absolute atomic E-state index is 0.0178. The molecule has 0 N–H and O–H groups in total. The summed E-state index contributed by atoms with van der Waals surface area (Å²) >= 11 is 0. The van der Waals surface area contributed by atoms with Gasteiger partial charge in [0.1, 0.15) is 6.26 Å². The van der Waals surface area contributed by atoms with Crippen molar-refractivity contribution < 1.29 is 14.4 Å². The highest BCUT2D eigenvalue weighted by Gasteiger charge is 2.19. The van der Waals surface area contributed by atoms with Crippen LogP contribution < -0.4 is 0 Å². The van der Waals surface area contributed by atoms with E-state index < -0.39 is 4.92 Å². The maximum atomic E-state index is 10.7. The molecule has 5 heteroatoms. The zero-order chi connectivity index (χ0) is 9.97. The van der Waals surface area contributed by atoms with Crippen LogP contribution in [0, 0.1) is 10.1 Å². The largest absolute Gasteiger partial charge is 0.461 e. The fourth-order valence-electron chi connectivity index (χ4n) is 1.22. The van der Waals surface area contributed by atoms with E-state index in [9.17, 15) is 10.1 Å². The number of hydrogen-bond donors (Lipinski definition) is 0. The molecule has 1 heterocycles. The van der Waals surface area contributed by atoms with Gasteiger partial charge >= 0.3 is 0 Å². The molecule has 0 fully saturated rings. The summed E-state index contributed by atoms with van der Waals surface area (Å²) < 4.78 is 9.90. The summed E-state index contributed by atoms with van der Waals surface area (Å²) in [5.41, 5.74) is 0.458. The highest BCUT2D eigenvalue weighted by atomic mass is 16.7. The van der Waals surface area contributed by atoms with E-state index in [1.807, 2.05) is 0 Å². The van der Waals surface area contributed by atoms with Crippen LogP contribution >= 0.6 is 0 Å².